The summed E-state index contributed by atoms with van der Waals surface area (Å²) in [5.41, 5.74) is 4.72. The standard InChI is InChI=1S/C33H36FN3O4/c1-23(38)29-3-2-4-31(30(29)15-9-26-10-16-32(39)35-33(26)40)41-22-25-7-5-24(6-8-25)21-36-17-19-37(20-18-36)28-13-11-27(34)12-14-28/h2-8,11-14,26H,9-10,15-22H2,1H3,(H,35,39,40). The van der Waals surface area contributed by atoms with Crippen LogP contribution < -0.4 is 15.0 Å². The molecule has 1 N–H and O–H groups in total. The molecule has 2 fully saturated rings. The van der Waals surface area contributed by atoms with Gasteiger partial charge in [0.1, 0.15) is 18.2 Å². The van der Waals surface area contributed by atoms with Crippen LogP contribution in [-0.4, -0.2) is 48.7 Å². The maximum absolute atomic E-state index is 13.2. The number of ketones is 1. The van der Waals surface area contributed by atoms with E-state index in [-0.39, 0.29) is 29.3 Å². The fourth-order valence-corrected chi connectivity index (χ4v) is 5.60. The molecule has 0 saturated carbocycles. The van der Waals surface area contributed by atoms with Crippen molar-refractivity contribution in [2.24, 2.45) is 5.92 Å². The lowest BCUT2D eigenvalue weighted by Gasteiger charge is -2.36. The number of amides is 2. The van der Waals surface area contributed by atoms with Crippen molar-refractivity contribution in [3.8, 4) is 5.75 Å². The van der Waals surface area contributed by atoms with Crippen molar-refractivity contribution in [1.82, 2.24) is 10.2 Å². The molecule has 8 heteroatoms. The summed E-state index contributed by atoms with van der Waals surface area (Å²) < 4.78 is 19.4. The van der Waals surface area contributed by atoms with Crippen LogP contribution in [0.4, 0.5) is 10.1 Å². The Bertz CT molecular complexity index is 1380. The highest BCUT2D eigenvalue weighted by molar-refractivity contribution is 5.98. The first-order valence-corrected chi connectivity index (χ1v) is 14.3. The molecule has 7 nitrogen and oxygen atoms in total. The number of rotatable bonds is 10. The molecule has 0 aliphatic carbocycles. The van der Waals surface area contributed by atoms with Crippen LogP contribution in [0.15, 0.2) is 66.7 Å². The molecule has 2 aliphatic heterocycles. The van der Waals surface area contributed by atoms with Crippen molar-refractivity contribution in [2.45, 2.75) is 45.8 Å². The van der Waals surface area contributed by atoms with Gasteiger partial charge in [0.15, 0.2) is 5.78 Å². The average Bonchev–Trinajstić information content (AvgIpc) is 2.97. The molecule has 5 rings (SSSR count). The molecule has 0 radical (unpaired) electrons. The number of Topliss-reactive ketones (excluding diaryl/α,β-unsaturated/α-hetero) is 1. The molecule has 2 saturated heterocycles. The molecule has 1 unspecified atom stereocenters. The number of hydrogen-bond donors (Lipinski definition) is 1. The van der Waals surface area contributed by atoms with Gasteiger partial charge in [-0.3, -0.25) is 24.6 Å². The zero-order valence-electron chi connectivity index (χ0n) is 23.4. The number of benzene rings is 3. The van der Waals surface area contributed by atoms with Crippen molar-refractivity contribution in [3.05, 3.63) is 94.8 Å². The average molecular weight is 558 g/mol. The second-order valence-electron chi connectivity index (χ2n) is 10.9. The highest BCUT2D eigenvalue weighted by atomic mass is 19.1. The minimum Gasteiger partial charge on any atom is -0.489 e. The Balaban J connectivity index is 1.15. The minimum absolute atomic E-state index is 0.0448. The van der Waals surface area contributed by atoms with E-state index in [4.69, 9.17) is 4.74 Å². The van der Waals surface area contributed by atoms with Gasteiger partial charge in [-0.05, 0) is 67.6 Å². The van der Waals surface area contributed by atoms with Gasteiger partial charge in [0.05, 0.1) is 0 Å². The second kappa shape index (κ2) is 13.1. The monoisotopic (exact) mass is 557 g/mol. The Morgan fingerprint density at radius 1 is 0.951 bits per heavy atom. The molecule has 41 heavy (non-hydrogen) atoms. The summed E-state index contributed by atoms with van der Waals surface area (Å²) in [6, 6.07) is 20.6. The summed E-state index contributed by atoms with van der Waals surface area (Å²) in [4.78, 5) is 40.8. The Labute approximate surface area is 240 Å². The normalized spacial score (nSPS) is 17.8. The first-order valence-electron chi connectivity index (χ1n) is 14.3. The topological polar surface area (TPSA) is 79.0 Å². The maximum Gasteiger partial charge on any atom is 0.229 e. The third-order valence-corrected chi connectivity index (χ3v) is 8.00. The van der Waals surface area contributed by atoms with Gasteiger partial charge in [-0.2, -0.15) is 0 Å². The van der Waals surface area contributed by atoms with Gasteiger partial charge in [0.2, 0.25) is 11.8 Å². The molecule has 3 aromatic carbocycles. The first-order chi connectivity index (χ1) is 19.9. The predicted molar refractivity (Wildman–Crippen MR) is 155 cm³/mol. The van der Waals surface area contributed by atoms with E-state index in [0.29, 0.717) is 43.6 Å². The number of halogens is 1. The van der Waals surface area contributed by atoms with Crippen LogP contribution in [0.3, 0.4) is 0 Å². The Hall–Kier alpha value is -4.04. The number of nitrogens with zero attached hydrogens (tertiary/aromatic N) is 2. The number of piperidine rings is 1. The van der Waals surface area contributed by atoms with Gasteiger partial charge < -0.3 is 9.64 Å². The van der Waals surface area contributed by atoms with Crippen molar-refractivity contribution in [2.75, 3.05) is 31.1 Å². The maximum atomic E-state index is 13.2. The van der Waals surface area contributed by atoms with E-state index >= 15 is 0 Å². The van der Waals surface area contributed by atoms with E-state index in [9.17, 15) is 18.8 Å². The third-order valence-electron chi connectivity index (χ3n) is 8.00. The van der Waals surface area contributed by atoms with Gasteiger partial charge >= 0.3 is 0 Å². The number of anilines is 1. The fraction of sp³-hybridized carbons (Fsp3) is 0.364. The van der Waals surface area contributed by atoms with Crippen molar-refractivity contribution >= 4 is 23.3 Å². The lowest BCUT2D eigenvalue weighted by atomic mass is 9.89. The number of hydrogen-bond acceptors (Lipinski definition) is 6. The quantitative estimate of drug-likeness (QED) is 0.282. The van der Waals surface area contributed by atoms with Gasteiger partial charge in [0.25, 0.3) is 0 Å². The zero-order chi connectivity index (χ0) is 28.8. The van der Waals surface area contributed by atoms with Crippen LogP contribution in [0, 0.1) is 11.7 Å². The fourth-order valence-electron chi connectivity index (χ4n) is 5.60. The van der Waals surface area contributed by atoms with Crippen molar-refractivity contribution in [1.29, 1.82) is 0 Å². The van der Waals surface area contributed by atoms with Crippen LogP contribution in [-0.2, 0) is 29.2 Å². The van der Waals surface area contributed by atoms with Gasteiger partial charge in [-0.15, -0.1) is 0 Å². The van der Waals surface area contributed by atoms with Crippen LogP contribution in [0.2, 0.25) is 0 Å². The van der Waals surface area contributed by atoms with Crippen LogP contribution in [0.5, 0.6) is 5.75 Å². The number of nitrogens with one attached hydrogen (secondary N) is 1. The predicted octanol–water partition coefficient (Wildman–Crippen LogP) is 4.91. The summed E-state index contributed by atoms with van der Waals surface area (Å²) in [5, 5.41) is 2.41. The number of carbonyl (C=O) groups is 3. The Kier molecular flexibility index (Phi) is 9.09. The second-order valence-corrected chi connectivity index (χ2v) is 10.9. The molecule has 0 aromatic heterocycles. The largest absolute Gasteiger partial charge is 0.489 e. The molecular formula is C33H36FN3O4. The lowest BCUT2D eigenvalue weighted by Crippen LogP contribution is -2.45. The molecule has 214 valence electrons. The summed E-state index contributed by atoms with van der Waals surface area (Å²) in [6.45, 7) is 6.46. The number of carbonyl (C=O) groups excluding carboxylic acids is 3. The Morgan fingerprint density at radius 2 is 1.66 bits per heavy atom. The molecule has 0 spiro atoms. The summed E-state index contributed by atoms with van der Waals surface area (Å²) >= 11 is 0. The van der Waals surface area contributed by atoms with Crippen LogP contribution in [0.25, 0.3) is 0 Å². The summed E-state index contributed by atoms with van der Waals surface area (Å²) in [6.07, 6.45) is 1.94. The lowest BCUT2D eigenvalue weighted by molar-refractivity contribution is -0.136. The van der Waals surface area contributed by atoms with Gasteiger partial charge in [0, 0.05) is 61.9 Å². The van der Waals surface area contributed by atoms with Crippen LogP contribution in [0.1, 0.15) is 53.2 Å². The molecule has 1 atom stereocenters. The molecule has 2 amide bonds. The van der Waals surface area contributed by atoms with Crippen LogP contribution >= 0.6 is 0 Å². The van der Waals surface area contributed by atoms with E-state index in [2.05, 4.69) is 39.4 Å². The molecule has 2 aliphatic rings. The molecule has 3 aromatic rings. The zero-order valence-corrected chi connectivity index (χ0v) is 23.4. The van der Waals surface area contributed by atoms with E-state index in [0.717, 1.165) is 49.5 Å². The summed E-state index contributed by atoms with van der Waals surface area (Å²) in [5.74, 6) is -0.326. The van der Waals surface area contributed by atoms with Crippen molar-refractivity contribution < 1.29 is 23.5 Å². The van der Waals surface area contributed by atoms with Gasteiger partial charge in [-0.25, -0.2) is 4.39 Å². The third kappa shape index (κ3) is 7.38. The molecule has 2 heterocycles. The van der Waals surface area contributed by atoms with E-state index in [1.165, 1.54) is 24.6 Å². The number of imide groups is 1. The van der Waals surface area contributed by atoms with Gasteiger partial charge in [-0.1, -0.05) is 36.4 Å². The highest BCUT2D eigenvalue weighted by Gasteiger charge is 2.27. The number of ether oxygens (including phenoxy) is 1. The smallest absolute Gasteiger partial charge is 0.229 e. The van der Waals surface area contributed by atoms with E-state index in [1.807, 2.05) is 24.3 Å². The minimum atomic E-state index is -0.251. The number of piperazine rings is 1. The molecule has 0 bridgehead atoms. The summed E-state index contributed by atoms with van der Waals surface area (Å²) in [7, 11) is 0. The SMILES string of the molecule is CC(=O)c1cccc(OCc2ccc(CN3CCN(c4ccc(F)cc4)CC3)cc2)c1CCC1CCC(=O)NC1=O. The highest BCUT2D eigenvalue weighted by Crippen LogP contribution is 2.29. The van der Waals surface area contributed by atoms with E-state index < -0.39 is 0 Å². The molecular weight excluding hydrogens is 521 g/mol. The first kappa shape index (κ1) is 28.5. The van der Waals surface area contributed by atoms with Crippen molar-refractivity contribution in [3.63, 3.8) is 0 Å². The van der Waals surface area contributed by atoms with E-state index in [1.54, 1.807) is 6.07 Å². The Morgan fingerprint density at radius 3 is 2.34 bits per heavy atom.